The smallest absolute Gasteiger partial charge is 0.327 e. The molecule has 3 rings (SSSR count). The van der Waals surface area contributed by atoms with E-state index in [0.717, 1.165) is 9.04 Å². The highest BCUT2D eigenvalue weighted by Crippen LogP contribution is 2.34. The van der Waals surface area contributed by atoms with Crippen molar-refractivity contribution in [2.75, 3.05) is 27.2 Å². The van der Waals surface area contributed by atoms with E-state index in [1.54, 1.807) is 61.5 Å². The molecule has 0 bridgehead atoms. The Labute approximate surface area is 226 Å². The SMILES string of the molecule is CCC(c1nc(C(F)(F)F)c(Cl)c(=O)n1Cc1ccccc1)N(CCN(C)C)C(=O)c1ccc(Br)cc1. The van der Waals surface area contributed by atoms with Crippen LogP contribution in [0.5, 0.6) is 0 Å². The monoisotopic (exact) mass is 598 g/mol. The van der Waals surface area contributed by atoms with Crippen molar-refractivity contribution in [2.24, 2.45) is 0 Å². The Hall–Kier alpha value is -2.69. The van der Waals surface area contributed by atoms with Gasteiger partial charge >= 0.3 is 6.18 Å². The van der Waals surface area contributed by atoms with Gasteiger partial charge in [0.2, 0.25) is 0 Å². The topological polar surface area (TPSA) is 58.4 Å². The van der Waals surface area contributed by atoms with E-state index in [9.17, 15) is 22.8 Å². The Balaban J connectivity index is 2.22. The Bertz CT molecular complexity index is 1280. The zero-order valence-corrected chi connectivity index (χ0v) is 22.9. The van der Waals surface area contributed by atoms with Gasteiger partial charge in [0.15, 0.2) is 5.69 Å². The molecule has 37 heavy (non-hydrogen) atoms. The third-order valence-electron chi connectivity index (χ3n) is 5.80. The zero-order chi connectivity index (χ0) is 27.3. The third-order valence-corrected chi connectivity index (χ3v) is 6.67. The maximum Gasteiger partial charge on any atom is 0.435 e. The van der Waals surface area contributed by atoms with Crippen molar-refractivity contribution in [3.05, 3.63) is 97.1 Å². The Kier molecular flexibility index (Phi) is 9.55. The van der Waals surface area contributed by atoms with Gasteiger partial charge in [0.25, 0.3) is 11.5 Å². The van der Waals surface area contributed by atoms with Gasteiger partial charge in [-0.25, -0.2) is 4.98 Å². The average molecular weight is 600 g/mol. The first kappa shape index (κ1) is 28.9. The van der Waals surface area contributed by atoms with Crippen LogP contribution in [-0.4, -0.2) is 52.4 Å². The predicted molar refractivity (Wildman–Crippen MR) is 141 cm³/mol. The average Bonchev–Trinajstić information content (AvgIpc) is 2.85. The lowest BCUT2D eigenvalue weighted by atomic mass is 10.1. The molecule has 0 spiro atoms. The van der Waals surface area contributed by atoms with Crippen LogP contribution >= 0.6 is 27.5 Å². The molecule has 3 aromatic rings. The Morgan fingerprint density at radius 1 is 1.08 bits per heavy atom. The molecule has 1 heterocycles. The first-order valence-electron chi connectivity index (χ1n) is 11.6. The van der Waals surface area contributed by atoms with Crippen LogP contribution in [0.1, 0.15) is 46.8 Å². The first-order valence-corrected chi connectivity index (χ1v) is 12.7. The molecule has 0 aliphatic rings. The number of aromatic nitrogens is 2. The molecule has 2 aromatic carbocycles. The number of hydrogen-bond donors (Lipinski definition) is 0. The summed E-state index contributed by atoms with van der Waals surface area (Å²) in [5, 5.41) is -0.999. The molecule has 0 aliphatic carbocycles. The van der Waals surface area contributed by atoms with E-state index in [1.807, 2.05) is 19.0 Å². The molecule has 0 saturated carbocycles. The largest absolute Gasteiger partial charge is 0.435 e. The second kappa shape index (κ2) is 12.2. The molecule has 1 amide bonds. The Morgan fingerprint density at radius 2 is 1.70 bits per heavy atom. The molecule has 0 N–H and O–H groups in total. The lowest BCUT2D eigenvalue weighted by Crippen LogP contribution is -2.42. The summed E-state index contributed by atoms with van der Waals surface area (Å²) in [5.41, 5.74) is -1.43. The fraction of sp³-hybridized carbons (Fsp3) is 0.346. The van der Waals surface area contributed by atoms with Crippen LogP contribution in [0, 0.1) is 0 Å². The van der Waals surface area contributed by atoms with E-state index >= 15 is 0 Å². The molecule has 0 saturated heterocycles. The summed E-state index contributed by atoms with van der Waals surface area (Å²) < 4.78 is 43.5. The number of alkyl halides is 3. The van der Waals surface area contributed by atoms with Gasteiger partial charge in [-0.05, 0) is 50.3 Å². The maximum atomic E-state index is 13.9. The molecule has 6 nitrogen and oxygen atoms in total. The lowest BCUT2D eigenvalue weighted by Gasteiger charge is -2.33. The molecule has 1 aromatic heterocycles. The molecule has 11 heteroatoms. The van der Waals surface area contributed by atoms with Gasteiger partial charge in [0, 0.05) is 23.1 Å². The van der Waals surface area contributed by atoms with Crippen molar-refractivity contribution < 1.29 is 18.0 Å². The highest BCUT2D eigenvalue weighted by molar-refractivity contribution is 9.10. The number of amides is 1. The summed E-state index contributed by atoms with van der Waals surface area (Å²) in [6.45, 7) is 2.33. The maximum absolute atomic E-state index is 13.9. The van der Waals surface area contributed by atoms with Crippen molar-refractivity contribution >= 4 is 33.4 Å². The molecular formula is C26H27BrClF3N4O2. The number of carbonyl (C=O) groups is 1. The number of hydrogen-bond acceptors (Lipinski definition) is 4. The molecule has 1 unspecified atom stereocenters. The normalized spacial score (nSPS) is 12.6. The molecule has 1 atom stereocenters. The summed E-state index contributed by atoms with van der Waals surface area (Å²) in [4.78, 5) is 34.1. The number of rotatable bonds is 9. The van der Waals surface area contributed by atoms with Crippen molar-refractivity contribution in [2.45, 2.75) is 32.1 Å². The molecule has 0 fully saturated rings. The van der Waals surface area contributed by atoms with E-state index in [1.165, 1.54) is 4.90 Å². The highest BCUT2D eigenvalue weighted by atomic mass is 79.9. The van der Waals surface area contributed by atoms with Gasteiger partial charge in [-0.2, -0.15) is 13.2 Å². The van der Waals surface area contributed by atoms with Crippen LogP contribution in [0.3, 0.4) is 0 Å². The highest BCUT2D eigenvalue weighted by Gasteiger charge is 2.39. The van der Waals surface area contributed by atoms with Crippen LogP contribution < -0.4 is 5.56 Å². The number of likely N-dealkylation sites (N-methyl/N-ethyl adjacent to an activating group) is 1. The molecule has 0 aliphatic heterocycles. The van der Waals surface area contributed by atoms with Crippen LogP contribution in [0.4, 0.5) is 13.2 Å². The van der Waals surface area contributed by atoms with E-state index in [4.69, 9.17) is 11.6 Å². The van der Waals surface area contributed by atoms with Gasteiger partial charge in [0.1, 0.15) is 10.8 Å². The van der Waals surface area contributed by atoms with Crippen molar-refractivity contribution in [1.29, 1.82) is 0 Å². The van der Waals surface area contributed by atoms with Gasteiger partial charge in [-0.15, -0.1) is 0 Å². The predicted octanol–water partition coefficient (Wildman–Crippen LogP) is 5.88. The lowest BCUT2D eigenvalue weighted by molar-refractivity contribution is -0.141. The summed E-state index contributed by atoms with van der Waals surface area (Å²) in [7, 11) is 3.66. The third kappa shape index (κ3) is 7.00. The molecular weight excluding hydrogens is 573 g/mol. The summed E-state index contributed by atoms with van der Waals surface area (Å²) in [6.07, 6.45) is -4.73. The van der Waals surface area contributed by atoms with E-state index in [-0.39, 0.29) is 31.2 Å². The van der Waals surface area contributed by atoms with E-state index in [0.29, 0.717) is 17.7 Å². The summed E-state index contributed by atoms with van der Waals surface area (Å²) in [6, 6.07) is 14.6. The standard InChI is InChI=1S/C26H27BrClF3N4O2/c1-4-20(34(15-14-33(2)3)24(36)18-10-12-19(27)13-11-18)23-32-22(26(29,30)31)21(28)25(37)35(23)16-17-8-6-5-7-9-17/h5-13,20H,4,14-16H2,1-3H3. The van der Waals surface area contributed by atoms with Crippen molar-refractivity contribution in [1.82, 2.24) is 19.4 Å². The van der Waals surface area contributed by atoms with Gasteiger partial charge in [-0.1, -0.05) is 64.8 Å². The quantitative estimate of drug-likeness (QED) is 0.308. The van der Waals surface area contributed by atoms with E-state index in [2.05, 4.69) is 20.9 Å². The molecule has 0 radical (unpaired) electrons. The number of carbonyl (C=O) groups excluding carboxylic acids is 1. The summed E-state index contributed by atoms with van der Waals surface area (Å²) in [5.74, 6) is -0.553. The number of halogens is 5. The minimum Gasteiger partial charge on any atom is -0.327 e. The van der Waals surface area contributed by atoms with E-state index < -0.39 is 28.5 Å². The van der Waals surface area contributed by atoms with Crippen LogP contribution in [-0.2, 0) is 12.7 Å². The fourth-order valence-electron chi connectivity index (χ4n) is 3.92. The van der Waals surface area contributed by atoms with Crippen LogP contribution in [0.2, 0.25) is 5.02 Å². The first-order chi connectivity index (χ1) is 17.4. The summed E-state index contributed by atoms with van der Waals surface area (Å²) >= 11 is 9.26. The fourth-order valence-corrected chi connectivity index (χ4v) is 4.43. The molecule has 198 valence electrons. The second-order valence-electron chi connectivity index (χ2n) is 8.74. The Morgan fingerprint density at radius 3 is 2.24 bits per heavy atom. The zero-order valence-electron chi connectivity index (χ0n) is 20.6. The minimum atomic E-state index is -4.95. The van der Waals surface area contributed by atoms with Crippen molar-refractivity contribution in [3.8, 4) is 0 Å². The van der Waals surface area contributed by atoms with Crippen molar-refractivity contribution in [3.63, 3.8) is 0 Å². The van der Waals surface area contributed by atoms with Gasteiger partial charge < -0.3 is 9.80 Å². The minimum absolute atomic E-state index is 0.0512. The number of nitrogens with zero attached hydrogens (tertiary/aromatic N) is 4. The second-order valence-corrected chi connectivity index (χ2v) is 10.0. The van der Waals surface area contributed by atoms with Crippen LogP contribution in [0.25, 0.3) is 0 Å². The van der Waals surface area contributed by atoms with Gasteiger partial charge in [0.05, 0.1) is 12.6 Å². The van der Waals surface area contributed by atoms with Gasteiger partial charge in [-0.3, -0.25) is 14.2 Å². The number of benzene rings is 2. The van der Waals surface area contributed by atoms with Crippen LogP contribution in [0.15, 0.2) is 63.9 Å².